The second kappa shape index (κ2) is 6.50. The highest BCUT2D eigenvalue weighted by molar-refractivity contribution is 6.31. The number of aromatic nitrogens is 2. The van der Waals surface area contributed by atoms with Crippen molar-refractivity contribution in [3.8, 4) is 0 Å². The molecule has 0 unspecified atom stereocenters. The van der Waals surface area contributed by atoms with Crippen molar-refractivity contribution in [2.75, 3.05) is 0 Å². The number of aryl methyl sites for hydroxylation is 2. The Morgan fingerprint density at radius 3 is 2.65 bits per heavy atom. The summed E-state index contributed by atoms with van der Waals surface area (Å²) in [7, 11) is 0. The Morgan fingerprint density at radius 1 is 1.22 bits per heavy atom. The number of benzene rings is 2. The van der Waals surface area contributed by atoms with Crippen LogP contribution in [0.1, 0.15) is 18.3 Å². The highest BCUT2D eigenvalue weighted by atomic mass is 35.5. The second-order valence-corrected chi connectivity index (χ2v) is 5.76. The molecule has 0 radical (unpaired) electrons. The summed E-state index contributed by atoms with van der Waals surface area (Å²) in [6.45, 7) is 2.46. The molecule has 0 atom stereocenters. The molecule has 3 nitrogen and oxygen atoms in total. The summed E-state index contributed by atoms with van der Waals surface area (Å²) in [4.78, 5) is 17.2. The Labute approximate surface area is 138 Å². The van der Waals surface area contributed by atoms with Crippen LogP contribution in [0.25, 0.3) is 10.9 Å². The van der Waals surface area contributed by atoms with Gasteiger partial charge in [-0.1, -0.05) is 48.9 Å². The Bertz CT molecular complexity index is 906. The average molecular weight is 331 g/mol. The first-order valence-corrected chi connectivity index (χ1v) is 7.90. The Morgan fingerprint density at radius 2 is 1.96 bits per heavy atom. The summed E-state index contributed by atoms with van der Waals surface area (Å²) in [6, 6.07) is 12.5. The molecule has 0 spiro atoms. The molecule has 1 aromatic heterocycles. The molecule has 23 heavy (non-hydrogen) atoms. The van der Waals surface area contributed by atoms with Crippen molar-refractivity contribution in [2.24, 2.45) is 0 Å². The van der Waals surface area contributed by atoms with Crippen LogP contribution in [0.4, 0.5) is 4.39 Å². The van der Waals surface area contributed by atoms with Gasteiger partial charge < -0.3 is 0 Å². The third-order valence-corrected chi connectivity index (χ3v) is 4.15. The van der Waals surface area contributed by atoms with E-state index in [0.29, 0.717) is 24.3 Å². The maximum Gasteiger partial charge on any atom is 0.261 e. The van der Waals surface area contributed by atoms with Gasteiger partial charge in [-0.2, -0.15) is 0 Å². The molecule has 0 saturated heterocycles. The largest absolute Gasteiger partial charge is 0.296 e. The van der Waals surface area contributed by atoms with E-state index in [-0.39, 0.29) is 16.0 Å². The standard InChI is InChI=1S/C18H16ClFN2O/c1-2-17-21-16-11-14(19)15(20)10-13(16)18(23)22(17)9-8-12-6-4-3-5-7-12/h3-7,10-11H,2,8-9H2,1H3. The highest BCUT2D eigenvalue weighted by Gasteiger charge is 2.12. The fourth-order valence-electron chi connectivity index (χ4n) is 2.65. The molecular formula is C18H16ClFN2O. The van der Waals surface area contributed by atoms with Gasteiger partial charge in [0.2, 0.25) is 0 Å². The average Bonchev–Trinajstić information content (AvgIpc) is 2.56. The zero-order valence-electron chi connectivity index (χ0n) is 12.7. The quantitative estimate of drug-likeness (QED) is 0.725. The van der Waals surface area contributed by atoms with E-state index in [0.717, 1.165) is 12.0 Å². The zero-order valence-corrected chi connectivity index (χ0v) is 13.5. The summed E-state index contributed by atoms with van der Waals surface area (Å²) >= 11 is 5.79. The van der Waals surface area contributed by atoms with E-state index in [1.54, 1.807) is 4.57 Å². The molecule has 3 aromatic rings. The van der Waals surface area contributed by atoms with Crippen molar-refractivity contribution in [1.82, 2.24) is 9.55 Å². The molecular weight excluding hydrogens is 315 g/mol. The predicted molar refractivity (Wildman–Crippen MR) is 90.5 cm³/mol. The van der Waals surface area contributed by atoms with Crippen LogP contribution in [0.15, 0.2) is 47.3 Å². The molecule has 5 heteroatoms. The zero-order chi connectivity index (χ0) is 16.4. The summed E-state index contributed by atoms with van der Waals surface area (Å²) in [6.07, 6.45) is 1.34. The summed E-state index contributed by atoms with van der Waals surface area (Å²) in [5.74, 6) is 0.0815. The molecule has 0 saturated carbocycles. The number of hydrogen-bond acceptors (Lipinski definition) is 2. The number of hydrogen-bond donors (Lipinski definition) is 0. The van der Waals surface area contributed by atoms with Crippen LogP contribution in [-0.4, -0.2) is 9.55 Å². The van der Waals surface area contributed by atoms with E-state index < -0.39 is 5.82 Å². The number of fused-ring (bicyclic) bond motifs is 1. The smallest absolute Gasteiger partial charge is 0.261 e. The summed E-state index contributed by atoms with van der Waals surface area (Å²) in [5, 5.41) is 0.241. The minimum atomic E-state index is -0.600. The van der Waals surface area contributed by atoms with Crippen LogP contribution in [0.3, 0.4) is 0 Å². The summed E-state index contributed by atoms with van der Waals surface area (Å²) < 4.78 is 15.3. The molecule has 1 heterocycles. The minimum Gasteiger partial charge on any atom is -0.296 e. The fraction of sp³-hybridized carbons (Fsp3) is 0.222. The Kier molecular flexibility index (Phi) is 4.44. The molecule has 0 bridgehead atoms. The van der Waals surface area contributed by atoms with E-state index in [1.807, 2.05) is 37.3 Å². The van der Waals surface area contributed by atoms with E-state index in [1.165, 1.54) is 12.1 Å². The van der Waals surface area contributed by atoms with Crippen LogP contribution >= 0.6 is 11.6 Å². The highest BCUT2D eigenvalue weighted by Crippen LogP contribution is 2.20. The van der Waals surface area contributed by atoms with Crippen LogP contribution in [-0.2, 0) is 19.4 Å². The third kappa shape index (κ3) is 3.13. The molecule has 118 valence electrons. The Balaban J connectivity index is 2.06. The minimum absolute atomic E-state index is 0.0199. The maximum atomic E-state index is 13.7. The van der Waals surface area contributed by atoms with Gasteiger partial charge in [0.25, 0.3) is 5.56 Å². The van der Waals surface area contributed by atoms with E-state index in [4.69, 9.17) is 11.6 Å². The fourth-order valence-corrected chi connectivity index (χ4v) is 2.81. The van der Waals surface area contributed by atoms with Gasteiger partial charge in [-0.3, -0.25) is 9.36 Å². The van der Waals surface area contributed by atoms with Gasteiger partial charge in [-0.15, -0.1) is 0 Å². The lowest BCUT2D eigenvalue weighted by Crippen LogP contribution is -2.26. The van der Waals surface area contributed by atoms with Gasteiger partial charge in [-0.05, 0) is 24.1 Å². The molecule has 0 aliphatic rings. The van der Waals surface area contributed by atoms with Crippen molar-refractivity contribution in [2.45, 2.75) is 26.3 Å². The van der Waals surface area contributed by atoms with Crippen LogP contribution in [0, 0.1) is 5.82 Å². The van der Waals surface area contributed by atoms with Gasteiger partial charge in [0.15, 0.2) is 0 Å². The van der Waals surface area contributed by atoms with Crippen molar-refractivity contribution >= 4 is 22.5 Å². The second-order valence-electron chi connectivity index (χ2n) is 5.36. The first-order valence-electron chi connectivity index (χ1n) is 7.52. The molecule has 0 fully saturated rings. The molecule has 0 N–H and O–H groups in total. The van der Waals surface area contributed by atoms with Crippen molar-refractivity contribution in [3.05, 3.63) is 75.0 Å². The molecule has 0 aliphatic carbocycles. The normalized spacial score (nSPS) is 11.1. The lowest BCUT2D eigenvalue weighted by molar-refractivity contribution is 0.616. The predicted octanol–water partition coefficient (Wildman–Crippen LogP) is 3.99. The Hall–Kier alpha value is -2.20. The molecule has 3 rings (SSSR count). The SMILES string of the molecule is CCc1nc2cc(Cl)c(F)cc2c(=O)n1CCc1ccccc1. The lowest BCUT2D eigenvalue weighted by atomic mass is 10.1. The van der Waals surface area contributed by atoms with E-state index in [9.17, 15) is 9.18 Å². The molecule has 0 aliphatic heterocycles. The number of halogens is 2. The van der Waals surface area contributed by atoms with Gasteiger partial charge in [0.1, 0.15) is 11.6 Å². The van der Waals surface area contributed by atoms with Crippen molar-refractivity contribution in [3.63, 3.8) is 0 Å². The monoisotopic (exact) mass is 330 g/mol. The van der Waals surface area contributed by atoms with Crippen LogP contribution < -0.4 is 5.56 Å². The third-order valence-electron chi connectivity index (χ3n) is 3.86. The number of rotatable bonds is 4. The van der Waals surface area contributed by atoms with Gasteiger partial charge >= 0.3 is 0 Å². The van der Waals surface area contributed by atoms with Crippen LogP contribution in [0.2, 0.25) is 5.02 Å². The van der Waals surface area contributed by atoms with Gasteiger partial charge in [-0.25, -0.2) is 9.37 Å². The van der Waals surface area contributed by atoms with Gasteiger partial charge in [0, 0.05) is 13.0 Å². The molecule has 2 aromatic carbocycles. The lowest BCUT2D eigenvalue weighted by Gasteiger charge is -2.13. The number of nitrogens with zero attached hydrogens (tertiary/aromatic N) is 2. The first kappa shape index (κ1) is 15.7. The van der Waals surface area contributed by atoms with Gasteiger partial charge in [0.05, 0.1) is 15.9 Å². The van der Waals surface area contributed by atoms with E-state index in [2.05, 4.69) is 4.98 Å². The van der Waals surface area contributed by atoms with Crippen molar-refractivity contribution < 1.29 is 4.39 Å². The first-order chi connectivity index (χ1) is 11.1. The van der Waals surface area contributed by atoms with Crippen molar-refractivity contribution in [1.29, 1.82) is 0 Å². The van der Waals surface area contributed by atoms with Crippen LogP contribution in [0.5, 0.6) is 0 Å². The van der Waals surface area contributed by atoms with E-state index >= 15 is 0 Å². The maximum absolute atomic E-state index is 13.7. The molecule has 0 amide bonds. The topological polar surface area (TPSA) is 34.9 Å². The summed E-state index contributed by atoms with van der Waals surface area (Å²) in [5.41, 5.74) is 1.36.